The SMILES string of the molecule is CCC1=C(C=O)C=CC1. The minimum Gasteiger partial charge on any atom is -0.298 e. The van der Waals surface area contributed by atoms with Crippen molar-refractivity contribution in [3.63, 3.8) is 0 Å². The van der Waals surface area contributed by atoms with Crippen LogP contribution in [0.15, 0.2) is 23.3 Å². The number of allylic oxidation sites excluding steroid dienone is 4. The molecule has 0 atom stereocenters. The fourth-order valence-electron chi connectivity index (χ4n) is 1.03. The molecule has 0 unspecified atom stereocenters. The molecular formula is C8H10O. The van der Waals surface area contributed by atoms with Gasteiger partial charge in [0.2, 0.25) is 0 Å². The summed E-state index contributed by atoms with van der Waals surface area (Å²) in [5.74, 6) is 0. The highest BCUT2D eigenvalue weighted by molar-refractivity contribution is 5.80. The lowest BCUT2D eigenvalue weighted by Gasteiger charge is -1.94. The molecule has 0 radical (unpaired) electrons. The molecule has 0 saturated carbocycles. The van der Waals surface area contributed by atoms with Crippen LogP contribution in [-0.2, 0) is 4.79 Å². The van der Waals surface area contributed by atoms with Crippen LogP contribution in [0.2, 0.25) is 0 Å². The van der Waals surface area contributed by atoms with Gasteiger partial charge in [0.05, 0.1) is 0 Å². The monoisotopic (exact) mass is 122 g/mol. The zero-order valence-electron chi connectivity index (χ0n) is 5.55. The van der Waals surface area contributed by atoms with E-state index in [2.05, 4.69) is 6.92 Å². The molecule has 0 aromatic heterocycles. The third-order valence-electron chi connectivity index (χ3n) is 1.62. The Balaban J connectivity index is 2.79. The summed E-state index contributed by atoms with van der Waals surface area (Å²) in [7, 11) is 0. The van der Waals surface area contributed by atoms with Crippen LogP contribution in [0, 0.1) is 0 Å². The number of hydrogen-bond donors (Lipinski definition) is 0. The molecule has 0 fully saturated rings. The standard InChI is InChI=1S/C8H10O/c1-2-7-4-3-5-8(7)6-9/h3,5-6H,2,4H2,1H3. The molecular weight excluding hydrogens is 112 g/mol. The maximum Gasteiger partial charge on any atom is 0.150 e. The topological polar surface area (TPSA) is 17.1 Å². The van der Waals surface area contributed by atoms with Crippen molar-refractivity contribution >= 4 is 6.29 Å². The molecule has 0 spiro atoms. The van der Waals surface area contributed by atoms with Gasteiger partial charge in [0, 0.05) is 5.57 Å². The first kappa shape index (κ1) is 6.27. The molecule has 1 aliphatic carbocycles. The average Bonchev–Trinajstić information content (AvgIpc) is 2.33. The summed E-state index contributed by atoms with van der Waals surface area (Å²) in [4.78, 5) is 10.3. The predicted molar refractivity (Wildman–Crippen MR) is 37.1 cm³/mol. The van der Waals surface area contributed by atoms with Gasteiger partial charge >= 0.3 is 0 Å². The Morgan fingerprint density at radius 1 is 1.78 bits per heavy atom. The van der Waals surface area contributed by atoms with Gasteiger partial charge < -0.3 is 0 Å². The normalized spacial score (nSPS) is 17.0. The molecule has 48 valence electrons. The summed E-state index contributed by atoms with van der Waals surface area (Å²) in [6.07, 6.45) is 6.84. The van der Waals surface area contributed by atoms with E-state index in [4.69, 9.17) is 0 Å². The van der Waals surface area contributed by atoms with Gasteiger partial charge in [-0.1, -0.05) is 24.6 Å². The van der Waals surface area contributed by atoms with E-state index in [-0.39, 0.29) is 0 Å². The zero-order valence-corrected chi connectivity index (χ0v) is 5.55. The third-order valence-corrected chi connectivity index (χ3v) is 1.62. The molecule has 0 aliphatic heterocycles. The van der Waals surface area contributed by atoms with Gasteiger partial charge in [-0.25, -0.2) is 0 Å². The molecule has 0 saturated heterocycles. The van der Waals surface area contributed by atoms with Crippen LogP contribution in [0.4, 0.5) is 0 Å². The second-order valence-corrected chi connectivity index (χ2v) is 2.14. The van der Waals surface area contributed by atoms with Crippen LogP contribution < -0.4 is 0 Å². The van der Waals surface area contributed by atoms with Crippen molar-refractivity contribution in [3.05, 3.63) is 23.3 Å². The van der Waals surface area contributed by atoms with Crippen LogP contribution in [0.3, 0.4) is 0 Å². The van der Waals surface area contributed by atoms with Crippen molar-refractivity contribution in [1.82, 2.24) is 0 Å². The average molecular weight is 122 g/mol. The number of carbonyl (C=O) groups excluding carboxylic acids is 1. The van der Waals surface area contributed by atoms with Crippen molar-refractivity contribution in [2.24, 2.45) is 0 Å². The van der Waals surface area contributed by atoms with Crippen molar-refractivity contribution in [3.8, 4) is 0 Å². The molecule has 0 aromatic rings. The summed E-state index contributed by atoms with van der Waals surface area (Å²) < 4.78 is 0. The highest BCUT2D eigenvalue weighted by Crippen LogP contribution is 2.19. The van der Waals surface area contributed by atoms with Gasteiger partial charge in [-0.3, -0.25) is 4.79 Å². The molecule has 1 heteroatoms. The Bertz CT molecular complexity index is 175. The second kappa shape index (κ2) is 2.62. The van der Waals surface area contributed by atoms with E-state index in [0.717, 1.165) is 24.7 Å². The van der Waals surface area contributed by atoms with E-state index in [9.17, 15) is 4.79 Å². The van der Waals surface area contributed by atoms with Crippen molar-refractivity contribution in [1.29, 1.82) is 0 Å². The van der Waals surface area contributed by atoms with Gasteiger partial charge in [0.1, 0.15) is 6.29 Å². The van der Waals surface area contributed by atoms with Crippen LogP contribution in [0.25, 0.3) is 0 Å². The third kappa shape index (κ3) is 1.10. The Kier molecular flexibility index (Phi) is 1.83. The highest BCUT2D eigenvalue weighted by Gasteiger charge is 2.04. The number of carbonyl (C=O) groups is 1. The largest absolute Gasteiger partial charge is 0.298 e. The van der Waals surface area contributed by atoms with Gasteiger partial charge in [-0.2, -0.15) is 0 Å². The van der Waals surface area contributed by atoms with Crippen LogP contribution in [0.1, 0.15) is 19.8 Å². The first-order valence-electron chi connectivity index (χ1n) is 3.22. The number of hydrogen-bond acceptors (Lipinski definition) is 1. The second-order valence-electron chi connectivity index (χ2n) is 2.14. The Labute approximate surface area is 55.1 Å². The Hall–Kier alpha value is -0.850. The van der Waals surface area contributed by atoms with Gasteiger partial charge in [0.15, 0.2) is 0 Å². The maximum atomic E-state index is 10.3. The highest BCUT2D eigenvalue weighted by atomic mass is 16.1. The smallest absolute Gasteiger partial charge is 0.150 e. The lowest BCUT2D eigenvalue weighted by Crippen LogP contribution is -1.82. The van der Waals surface area contributed by atoms with Gasteiger partial charge in [-0.15, -0.1) is 0 Å². The lowest BCUT2D eigenvalue weighted by atomic mass is 10.1. The van der Waals surface area contributed by atoms with Crippen LogP contribution in [-0.4, -0.2) is 6.29 Å². The lowest BCUT2D eigenvalue weighted by molar-refractivity contribution is -0.104. The quantitative estimate of drug-likeness (QED) is 0.511. The van der Waals surface area contributed by atoms with Gasteiger partial charge in [0.25, 0.3) is 0 Å². The van der Waals surface area contributed by atoms with E-state index in [1.54, 1.807) is 0 Å². The van der Waals surface area contributed by atoms with E-state index in [0.29, 0.717) is 0 Å². The maximum absolute atomic E-state index is 10.3. The van der Waals surface area contributed by atoms with E-state index >= 15 is 0 Å². The first-order chi connectivity index (χ1) is 4.38. The van der Waals surface area contributed by atoms with E-state index < -0.39 is 0 Å². The Morgan fingerprint density at radius 3 is 3.00 bits per heavy atom. The molecule has 0 aromatic carbocycles. The molecule has 1 rings (SSSR count). The summed E-state index contributed by atoms with van der Waals surface area (Å²) in [6.45, 7) is 2.08. The van der Waals surface area contributed by atoms with E-state index in [1.807, 2.05) is 12.2 Å². The molecule has 0 heterocycles. The molecule has 0 N–H and O–H groups in total. The predicted octanol–water partition coefficient (Wildman–Crippen LogP) is 1.85. The minimum atomic E-state index is 0.887. The molecule has 0 bridgehead atoms. The fraction of sp³-hybridized carbons (Fsp3) is 0.375. The molecule has 1 aliphatic rings. The summed E-state index contributed by atoms with van der Waals surface area (Å²) in [5, 5.41) is 0. The summed E-state index contributed by atoms with van der Waals surface area (Å²) in [6, 6.07) is 0. The van der Waals surface area contributed by atoms with Crippen molar-refractivity contribution in [2.45, 2.75) is 19.8 Å². The zero-order chi connectivity index (χ0) is 6.69. The summed E-state index contributed by atoms with van der Waals surface area (Å²) in [5.41, 5.74) is 2.16. The minimum absolute atomic E-state index is 0.887. The van der Waals surface area contributed by atoms with Crippen molar-refractivity contribution in [2.75, 3.05) is 0 Å². The van der Waals surface area contributed by atoms with Crippen LogP contribution in [0.5, 0.6) is 0 Å². The van der Waals surface area contributed by atoms with Gasteiger partial charge in [-0.05, 0) is 12.8 Å². The molecule has 0 amide bonds. The summed E-state index contributed by atoms with van der Waals surface area (Å²) >= 11 is 0. The molecule has 1 nitrogen and oxygen atoms in total. The van der Waals surface area contributed by atoms with Crippen molar-refractivity contribution < 1.29 is 4.79 Å². The number of aldehydes is 1. The first-order valence-corrected chi connectivity index (χ1v) is 3.22. The van der Waals surface area contributed by atoms with Crippen LogP contribution >= 0.6 is 0 Å². The molecule has 9 heavy (non-hydrogen) atoms. The Morgan fingerprint density at radius 2 is 2.56 bits per heavy atom. The fourth-order valence-corrected chi connectivity index (χ4v) is 1.03. The number of rotatable bonds is 2. The van der Waals surface area contributed by atoms with E-state index in [1.165, 1.54) is 5.57 Å².